The number of carbonyl (C=O) groups excluding carboxylic acids is 1. The molecule has 0 spiro atoms. The maximum Gasteiger partial charge on any atom is 0.227 e. The van der Waals surface area contributed by atoms with Crippen LogP contribution in [0.3, 0.4) is 0 Å². The quantitative estimate of drug-likeness (QED) is 0.880. The highest BCUT2D eigenvalue weighted by atomic mass is 16.5. The van der Waals surface area contributed by atoms with E-state index in [1.54, 1.807) is 6.20 Å². The Hall–Kier alpha value is -1.66. The number of pyridine rings is 1. The average molecular weight is 304 g/mol. The van der Waals surface area contributed by atoms with Crippen LogP contribution in [0.1, 0.15) is 25.7 Å². The second-order valence-corrected chi connectivity index (χ2v) is 5.90. The minimum Gasteiger partial charge on any atom is -0.375 e. The molecule has 6 heteroatoms. The Morgan fingerprint density at radius 1 is 1.36 bits per heavy atom. The van der Waals surface area contributed by atoms with Crippen molar-refractivity contribution in [3.8, 4) is 0 Å². The molecule has 3 heterocycles. The van der Waals surface area contributed by atoms with Crippen LogP contribution >= 0.6 is 0 Å². The number of anilines is 2. The van der Waals surface area contributed by atoms with Gasteiger partial charge in [-0.3, -0.25) is 4.79 Å². The van der Waals surface area contributed by atoms with E-state index in [-0.39, 0.29) is 12.0 Å². The van der Waals surface area contributed by atoms with E-state index in [1.165, 1.54) is 19.3 Å². The van der Waals surface area contributed by atoms with E-state index in [0.29, 0.717) is 13.0 Å². The number of carbonyl (C=O) groups is 1. The number of aromatic nitrogens is 1. The first-order chi connectivity index (χ1) is 10.8. The highest BCUT2D eigenvalue weighted by Gasteiger charge is 2.17. The van der Waals surface area contributed by atoms with Crippen LogP contribution in [0.2, 0.25) is 0 Å². The van der Waals surface area contributed by atoms with Crippen molar-refractivity contribution in [1.82, 2.24) is 10.3 Å². The van der Waals surface area contributed by atoms with Gasteiger partial charge in [-0.2, -0.15) is 0 Å². The summed E-state index contributed by atoms with van der Waals surface area (Å²) in [5.41, 5.74) is 0.745. The van der Waals surface area contributed by atoms with Gasteiger partial charge in [0.2, 0.25) is 5.91 Å². The molecular formula is C16H24N4O2. The summed E-state index contributed by atoms with van der Waals surface area (Å²) in [7, 11) is 0. The zero-order chi connectivity index (χ0) is 15.2. The molecular weight excluding hydrogens is 280 g/mol. The fraction of sp³-hybridized carbons (Fsp3) is 0.625. The number of nitrogens with zero attached hydrogens (tertiary/aromatic N) is 2. The molecule has 0 aromatic carbocycles. The SMILES string of the molecule is O=C(CC1CNCCO1)Nc1ccc(N2CCCCC2)nc1. The molecule has 1 aromatic heterocycles. The summed E-state index contributed by atoms with van der Waals surface area (Å²) in [5.74, 6) is 0.971. The molecule has 2 N–H and O–H groups in total. The summed E-state index contributed by atoms with van der Waals surface area (Å²) in [6.07, 6.45) is 5.85. The molecule has 0 bridgehead atoms. The maximum absolute atomic E-state index is 12.0. The van der Waals surface area contributed by atoms with E-state index in [2.05, 4.69) is 20.5 Å². The Morgan fingerprint density at radius 3 is 2.91 bits per heavy atom. The van der Waals surface area contributed by atoms with Gasteiger partial charge >= 0.3 is 0 Å². The largest absolute Gasteiger partial charge is 0.375 e. The van der Waals surface area contributed by atoms with Crippen LogP contribution in [-0.4, -0.2) is 49.8 Å². The molecule has 120 valence electrons. The number of amides is 1. The third-order valence-corrected chi connectivity index (χ3v) is 4.13. The number of morpholine rings is 1. The van der Waals surface area contributed by atoms with E-state index in [9.17, 15) is 4.79 Å². The van der Waals surface area contributed by atoms with Gasteiger partial charge in [0.25, 0.3) is 0 Å². The van der Waals surface area contributed by atoms with Gasteiger partial charge in [-0.05, 0) is 31.4 Å². The Labute approximate surface area is 131 Å². The van der Waals surface area contributed by atoms with Crippen molar-refractivity contribution in [3.63, 3.8) is 0 Å². The molecule has 0 saturated carbocycles. The first-order valence-corrected chi connectivity index (χ1v) is 8.14. The van der Waals surface area contributed by atoms with Crippen molar-refractivity contribution in [1.29, 1.82) is 0 Å². The van der Waals surface area contributed by atoms with Crippen LogP contribution < -0.4 is 15.5 Å². The Morgan fingerprint density at radius 2 is 2.23 bits per heavy atom. The summed E-state index contributed by atoms with van der Waals surface area (Å²) in [6.45, 7) is 4.42. The fourth-order valence-corrected chi connectivity index (χ4v) is 2.94. The van der Waals surface area contributed by atoms with Gasteiger partial charge in [-0.25, -0.2) is 4.98 Å². The zero-order valence-corrected chi connectivity index (χ0v) is 12.9. The van der Waals surface area contributed by atoms with Crippen LogP contribution in [0.15, 0.2) is 18.3 Å². The molecule has 3 rings (SSSR count). The lowest BCUT2D eigenvalue weighted by atomic mass is 10.1. The minimum absolute atomic E-state index is 0.0266. The normalized spacial score (nSPS) is 22.4. The van der Waals surface area contributed by atoms with Crippen molar-refractivity contribution >= 4 is 17.4 Å². The molecule has 0 aliphatic carbocycles. The maximum atomic E-state index is 12.0. The molecule has 22 heavy (non-hydrogen) atoms. The van der Waals surface area contributed by atoms with Gasteiger partial charge in [0.15, 0.2) is 0 Å². The third-order valence-electron chi connectivity index (χ3n) is 4.13. The first kappa shape index (κ1) is 15.2. The molecule has 1 atom stereocenters. The smallest absolute Gasteiger partial charge is 0.227 e. The van der Waals surface area contributed by atoms with Gasteiger partial charge in [0, 0.05) is 26.2 Å². The predicted molar refractivity (Wildman–Crippen MR) is 86.2 cm³/mol. The summed E-state index contributed by atoms with van der Waals surface area (Å²) >= 11 is 0. The molecule has 1 unspecified atom stereocenters. The highest BCUT2D eigenvalue weighted by Crippen LogP contribution is 2.19. The molecule has 6 nitrogen and oxygen atoms in total. The van der Waals surface area contributed by atoms with Crippen LogP contribution in [0.5, 0.6) is 0 Å². The Bertz CT molecular complexity index is 479. The minimum atomic E-state index is -0.0330. The van der Waals surface area contributed by atoms with Crippen LogP contribution in [0, 0.1) is 0 Å². The standard InChI is InChI=1S/C16H24N4O2/c21-16(10-14-12-17-6-9-22-14)19-13-4-5-15(18-11-13)20-7-2-1-3-8-20/h4-5,11,14,17H,1-3,6-10,12H2,(H,19,21). The van der Waals surface area contributed by atoms with Gasteiger partial charge in [-0.15, -0.1) is 0 Å². The van der Waals surface area contributed by atoms with Crippen LogP contribution in [0.25, 0.3) is 0 Å². The Kier molecular flexibility index (Phi) is 5.24. The molecule has 0 radical (unpaired) electrons. The Balaban J connectivity index is 1.50. The fourth-order valence-electron chi connectivity index (χ4n) is 2.94. The van der Waals surface area contributed by atoms with E-state index in [4.69, 9.17) is 4.74 Å². The number of hydrogen-bond donors (Lipinski definition) is 2. The number of nitrogens with one attached hydrogen (secondary N) is 2. The molecule has 2 saturated heterocycles. The van der Waals surface area contributed by atoms with Crippen molar-refractivity contribution in [2.75, 3.05) is 43.0 Å². The van der Waals surface area contributed by atoms with Crippen molar-refractivity contribution in [2.24, 2.45) is 0 Å². The zero-order valence-electron chi connectivity index (χ0n) is 12.9. The van der Waals surface area contributed by atoms with E-state index >= 15 is 0 Å². The molecule has 2 fully saturated rings. The number of piperidine rings is 1. The summed E-state index contributed by atoms with van der Waals surface area (Å²) in [5, 5.41) is 6.12. The lowest BCUT2D eigenvalue weighted by Crippen LogP contribution is -2.40. The summed E-state index contributed by atoms with van der Waals surface area (Å²) < 4.78 is 5.54. The molecule has 2 aliphatic heterocycles. The average Bonchev–Trinajstić information content (AvgIpc) is 2.57. The number of hydrogen-bond acceptors (Lipinski definition) is 5. The third kappa shape index (κ3) is 4.18. The van der Waals surface area contributed by atoms with E-state index in [0.717, 1.165) is 37.7 Å². The molecule has 1 aromatic rings. The monoisotopic (exact) mass is 304 g/mol. The second kappa shape index (κ2) is 7.56. The van der Waals surface area contributed by atoms with Gasteiger partial charge < -0.3 is 20.3 Å². The van der Waals surface area contributed by atoms with Crippen LogP contribution in [-0.2, 0) is 9.53 Å². The number of rotatable bonds is 4. The number of ether oxygens (including phenoxy) is 1. The van der Waals surface area contributed by atoms with Gasteiger partial charge in [0.05, 0.1) is 31.0 Å². The van der Waals surface area contributed by atoms with Crippen LogP contribution in [0.4, 0.5) is 11.5 Å². The first-order valence-electron chi connectivity index (χ1n) is 8.14. The lowest BCUT2D eigenvalue weighted by molar-refractivity contribution is -0.119. The van der Waals surface area contributed by atoms with Crippen molar-refractivity contribution < 1.29 is 9.53 Å². The van der Waals surface area contributed by atoms with Gasteiger partial charge in [-0.1, -0.05) is 0 Å². The molecule has 1 amide bonds. The molecule has 2 aliphatic rings. The van der Waals surface area contributed by atoms with E-state index in [1.807, 2.05) is 12.1 Å². The van der Waals surface area contributed by atoms with Gasteiger partial charge in [0.1, 0.15) is 5.82 Å². The van der Waals surface area contributed by atoms with Crippen molar-refractivity contribution in [2.45, 2.75) is 31.8 Å². The van der Waals surface area contributed by atoms with Crippen molar-refractivity contribution in [3.05, 3.63) is 18.3 Å². The second-order valence-electron chi connectivity index (χ2n) is 5.90. The summed E-state index contributed by atoms with van der Waals surface area (Å²) in [4.78, 5) is 18.8. The lowest BCUT2D eigenvalue weighted by Gasteiger charge is -2.27. The highest BCUT2D eigenvalue weighted by molar-refractivity contribution is 5.90. The van der Waals surface area contributed by atoms with E-state index < -0.39 is 0 Å². The topological polar surface area (TPSA) is 66.5 Å². The predicted octanol–water partition coefficient (Wildman–Crippen LogP) is 1.39. The summed E-state index contributed by atoms with van der Waals surface area (Å²) in [6, 6.07) is 3.91.